The van der Waals surface area contributed by atoms with E-state index in [-0.39, 0.29) is 12.1 Å². The van der Waals surface area contributed by atoms with E-state index in [4.69, 9.17) is 16.3 Å². The van der Waals surface area contributed by atoms with Gasteiger partial charge in [-0.05, 0) is 46.2 Å². The van der Waals surface area contributed by atoms with E-state index < -0.39 is 11.7 Å². The molecule has 0 bridgehead atoms. The second-order valence-electron chi connectivity index (χ2n) is 6.19. The maximum Gasteiger partial charge on any atom is 0.407 e. The van der Waals surface area contributed by atoms with Crippen molar-refractivity contribution in [3.05, 3.63) is 34.9 Å². The molecule has 4 nitrogen and oxygen atoms in total. The van der Waals surface area contributed by atoms with Gasteiger partial charge in [-0.2, -0.15) is 0 Å². The molecule has 1 aromatic rings. The third kappa shape index (κ3) is 6.82. The molecule has 21 heavy (non-hydrogen) atoms. The van der Waals surface area contributed by atoms with Gasteiger partial charge in [0.25, 0.3) is 0 Å². The van der Waals surface area contributed by atoms with Crippen LogP contribution >= 0.6 is 11.6 Å². The lowest BCUT2D eigenvalue weighted by Gasteiger charge is -2.23. The summed E-state index contributed by atoms with van der Waals surface area (Å²) < 4.78 is 5.20. The summed E-state index contributed by atoms with van der Waals surface area (Å²) in [6.45, 7) is 10.1. The highest BCUT2D eigenvalue weighted by atomic mass is 35.5. The van der Waals surface area contributed by atoms with Gasteiger partial charge < -0.3 is 15.4 Å². The first-order chi connectivity index (χ1) is 9.69. The quantitative estimate of drug-likeness (QED) is 0.867. The second-order valence-corrected chi connectivity index (χ2v) is 6.60. The number of hydrogen-bond acceptors (Lipinski definition) is 3. The molecule has 0 spiro atoms. The predicted molar refractivity (Wildman–Crippen MR) is 86.7 cm³/mol. The van der Waals surface area contributed by atoms with Gasteiger partial charge in [-0.25, -0.2) is 4.79 Å². The van der Waals surface area contributed by atoms with Gasteiger partial charge >= 0.3 is 6.09 Å². The van der Waals surface area contributed by atoms with Crippen molar-refractivity contribution >= 4 is 17.7 Å². The van der Waals surface area contributed by atoms with Crippen molar-refractivity contribution in [1.82, 2.24) is 10.6 Å². The fourth-order valence-electron chi connectivity index (χ4n) is 1.95. The van der Waals surface area contributed by atoms with E-state index >= 15 is 0 Å². The zero-order valence-corrected chi connectivity index (χ0v) is 14.1. The highest BCUT2D eigenvalue weighted by molar-refractivity contribution is 6.31. The van der Waals surface area contributed by atoms with Gasteiger partial charge in [-0.15, -0.1) is 0 Å². The van der Waals surface area contributed by atoms with Crippen molar-refractivity contribution in [3.63, 3.8) is 0 Å². The van der Waals surface area contributed by atoms with Gasteiger partial charge in [-0.1, -0.05) is 29.8 Å². The minimum Gasteiger partial charge on any atom is -0.444 e. The van der Waals surface area contributed by atoms with Crippen molar-refractivity contribution in [2.24, 2.45) is 0 Å². The summed E-state index contributed by atoms with van der Waals surface area (Å²) in [5.74, 6) is 0. The summed E-state index contributed by atoms with van der Waals surface area (Å²) in [4.78, 5) is 11.6. The Morgan fingerprint density at radius 2 is 1.90 bits per heavy atom. The Labute approximate surface area is 132 Å². The van der Waals surface area contributed by atoms with Gasteiger partial charge in [0.15, 0.2) is 0 Å². The van der Waals surface area contributed by atoms with Crippen LogP contribution in [0, 0.1) is 0 Å². The third-order valence-corrected chi connectivity index (χ3v) is 3.20. The lowest BCUT2D eigenvalue weighted by atomic mass is 10.1. The number of benzene rings is 1. The minimum atomic E-state index is -0.481. The van der Waals surface area contributed by atoms with Crippen LogP contribution < -0.4 is 10.6 Å². The van der Waals surface area contributed by atoms with E-state index in [2.05, 4.69) is 10.6 Å². The van der Waals surface area contributed by atoms with Crippen LogP contribution in [0.1, 0.15) is 46.2 Å². The highest BCUT2D eigenvalue weighted by Gasteiger charge is 2.17. The topological polar surface area (TPSA) is 50.4 Å². The van der Waals surface area contributed by atoms with Gasteiger partial charge in [0.05, 0.1) is 0 Å². The van der Waals surface area contributed by atoms with Gasteiger partial charge in [0.1, 0.15) is 5.60 Å². The maximum atomic E-state index is 11.6. The number of hydrogen-bond donors (Lipinski definition) is 2. The molecule has 0 fully saturated rings. The molecule has 1 rings (SSSR count). The molecule has 0 saturated heterocycles. The Kier molecular flexibility index (Phi) is 6.49. The molecule has 0 heterocycles. The summed E-state index contributed by atoms with van der Waals surface area (Å²) in [6.07, 6.45) is -0.401. The number of ether oxygens (including phenoxy) is 1. The Hall–Kier alpha value is -1.26. The van der Waals surface area contributed by atoms with Crippen molar-refractivity contribution in [1.29, 1.82) is 0 Å². The van der Waals surface area contributed by atoms with Crippen molar-refractivity contribution in [3.8, 4) is 0 Å². The van der Waals surface area contributed by atoms with E-state index in [1.807, 2.05) is 58.9 Å². The summed E-state index contributed by atoms with van der Waals surface area (Å²) in [5, 5.41) is 6.89. The lowest BCUT2D eigenvalue weighted by molar-refractivity contribution is 0.0522. The van der Waals surface area contributed by atoms with Crippen LogP contribution in [0.5, 0.6) is 0 Å². The molecule has 2 atom stereocenters. The Bertz CT molecular complexity index is 472. The molecule has 1 unspecified atom stereocenters. The summed E-state index contributed by atoms with van der Waals surface area (Å²) in [6, 6.07) is 7.94. The summed E-state index contributed by atoms with van der Waals surface area (Å²) in [5.41, 5.74) is 0.564. The first kappa shape index (κ1) is 17.8. The Balaban J connectivity index is 2.42. The number of carbonyl (C=O) groups excluding carboxylic acids is 1. The van der Waals surface area contributed by atoms with Crippen LogP contribution in [0.2, 0.25) is 5.02 Å². The Morgan fingerprint density at radius 1 is 1.29 bits per heavy atom. The van der Waals surface area contributed by atoms with E-state index in [0.717, 1.165) is 10.6 Å². The molecule has 1 aromatic carbocycles. The number of nitrogens with one attached hydrogen (secondary N) is 2. The van der Waals surface area contributed by atoms with Crippen molar-refractivity contribution in [2.45, 2.75) is 52.3 Å². The number of rotatable bonds is 5. The first-order valence-electron chi connectivity index (χ1n) is 7.16. The standard InChI is InChI=1S/C16H25ClN2O2/c1-11(10-18-15(20)21-16(3,4)5)19-12(2)13-8-6-7-9-14(13)17/h6-9,11-12,19H,10H2,1-5H3,(H,18,20)/t11?,12-/m1/s1. The molecule has 1 amide bonds. The highest BCUT2D eigenvalue weighted by Crippen LogP contribution is 2.22. The molecule has 5 heteroatoms. The zero-order valence-electron chi connectivity index (χ0n) is 13.4. The number of amides is 1. The van der Waals surface area contributed by atoms with E-state index in [1.54, 1.807) is 0 Å². The molecule has 0 saturated carbocycles. The van der Waals surface area contributed by atoms with Crippen molar-refractivity contribution in [2.75, 3.05) is 6.54 Å². The zero-order chi connectivity index (χ0) is 16.0. The van der Waals surface area contributed by atoms with E-state index in [9.17, 15) is 4.79 Å². The first-order valence-corrected chi connectivity index (χ1v) is 7.54. The normalized spacial score (nSPS) is 14.4. The monoisotopic (exact) mass is 312 g/mol. The molecule has 0 radical (unpaired) electrons. The minimum absolute atomic E-state index is 0.101. The second kappa shape index (κ2) is 7.66. The fraction of sp³-hybridized carbons (Fsp3) is 0.562. The SMILES string of the molecule is CC(CNC(=O)OC(C)(C)C)N[C@H](C)c1ccccc1Cl. The third-order valence-electron chi connectivity index (χ3n) is 2.86. The Morgan fingerprint density at radius 3 is 2.48 bits per heavy atom. The lowest BCUT2D eigenvalue weighted by Crippen LogP contribution is -2.42. The van der Waals surface area contributed by atoms with Gasteiger partial charge in [-0.3, -0.25) is 0 Å². The summed E-state index contributed by atoms with van der Waals surface area (Å²) >= 11 is 6.17. The van der Waals surface area contributed by atoms with Crippen LogP contribution in [0.15, 0.2) is 24.3 Å². The van der Waals surface area contributed by atoms with Gasteiger partial charge in [0.2, 0.25) is 0 Å². The molecule has 0 aliphatic carbocycles. The van der Waals surface area contributed by atoms with Crippen LogP contribution in [0.4, 0.5) is 4.79 Å². The fourth-order valence-corrected chi connectivity index (χ4v) is 2.25. The van der Waals surface area contributed by atoms with Gasteiger partial charge in [0, 0.05) is 23.7 Å². The van der Waals surface area contributed by atoms with Crippen LogP contribution in [-0.4, -0.2) is 24.3 Å². The average molecular weight is 313 g/mol. The average Bonchev–Trinajstić information content (AvgIpc) is 2.34. The molecule has 0 aliphatic heterocycles. The molecule has 0 aliphatic rings. The molecule has 0 aromatic heterocycles. The van der Waals surface area contributed by atoms with Crippen LogP contribution in [0.3, 0.4) is 0 Å². The maximum absolute atomic E-state index is 11.6. The number of alkyl carbamates (subject to hydrolysis) is 1. The molecule has 118 valence electrons. The van der Waals surface area contributed by atoms with Crippen LogP contribution in [0.25, 0.3) is 0 Å². The number of carbonyl (C=O) groups is 1. The molecule has 2 N–H and O–H groups in total. The van der Waals surface area contributed by atoms with E-state index in [1.165, 1.54) is 0 Å². The van der Waals surface area contributed by atoms with E-state index in [0.29, 0.717) is 6.54 Å². The summed E-state index contributed by atoms with van der Waals surface area (Å²) in [7, 11) is 0. The molecular weight excluding hydrogens is 288 g/mol. The largest absolute Gasteiger partial charge is 0.444 e. The van der Waals surface area contributed by atoms with Crippen LogP contribution in [-0.2, 0) is 4.74 Å². The number of halogens is 1. The van der Waals surface area contributed by atoms with Crippen molar-refractivity contribution < 1.29 is 9.53 Å². The predicted octanol–water partition coefficient (Wildman–Crippen LogP) is 3.90. The molecular formula is C16H25ClN2O2. The smallest absolute Gasteiger partial charge is 0.407 e.